The molecule has 46 heavy (non-hydrogen) atoms. The van der Waals surface area contributed by atoms with Crippen molar-refractivity contribution in [3.05, 3.63) is 146 Å². The molecule has 0 N–H and O–H groups in total. The maximum Gasteiger partial charge on any atom is 0.137 e. The Morgan fingerprint density at radius 3 is 1.15 bits per heavy atom. The van der Waals surface area contributed by atoms with E-state index in [1.807, 2.05) is 24.3 Å². The zero-order chi connectivity index (χ0) is 29.9. The molecule has 11 rings (SSSR count). The van der Waals surface area contributed by atoms with E-state index in [1.54, 1.807) is 0 Å². The molecule has 0 fully saturated rings. The van der Waals surface area contributed by atoms with Gasteiger partial charge in [0.2, 0.25) is 0 Å². The van der Waals surface area contributed by atoms with Gasteiger partial charge in [0.05, 0.1) is 44.2 Å². The fourth-order valence-corrected chi connectivity index (χ4v) is 7.92. The van der Waals surface area contributed by atoms with Crippen LogP contribution in [-0.2, 0) is 0 Å². The van der Waals surface area contributed by atoms with Gasteiger partial charge < -0.3 is 18.0 Å². The second-order valence-corrected chi connectivity index (χ2v) is 12.1. The lowest BCUT2D eigenvalue weighted by atomic mass is 10.1. The largest absolute Gasteiger partial charge is 0.456 e. The van der Waals surface area contributed by atoms with Crippen LogP contribution in [0.1, 0.15) is 0 Å². The maximum absolute atomic E-state index is 6.33. The highest BCUT2D eigenvalue weighted by atomic mass is 16.3. The Balaban J connectivity index is 1.33. The molecule has 0 atom stereocenters. The minimum Gasteiger partial charge on any atom is -0.456 e. The summed E-state index contributed by atoms with van der Waals surface area (Å²) in [4.78, 5) is 0. The van der Waals surface area contributed by atoms with Crippen molar-refractivity contribution in [1.29, 1.82) is 0 Å². The van der Waals surface area contributed by atoms with E-state index in [0.29, 0.717) is 0 Å². The van der Waals surface area contributed by atoms with Gasteiger partial charge in [-0.05, 0) is 60.7 Å². The first-order valence-corrected chi connectivity index (χ1v) is 15.6. The van der Waals surface area contributed by atoms with Crippen molar-refractivity contribution in [3.8, 4) is 11.4 Å². The van der Waals surface area contributed by atoms with Gasteiger partial charge in [0.1, 0.15) is 22.3 Å². The number of furan rings is 2. The number of aromatic nitrogens is 2. The third-order valence-corrected chi connectivity index (χ3v) is 9.71. The first kappa shape index (κ1) is 24.1. The monoisotopic (exact) mass is 588 g/mol. The molecule has 0 aliphatic rings. The number of para-hydroxylation sites is 4. The number of rotatable bonds is 2. The van der Waals surface area contributed by atoms with Crippen molar-refractivity contribution in [3.63, 3.8) is 0 Å². The molecular weight excluding hydrogens is 564 g/mol. The summed E-state index contributed by atoms with van der Waals surface area (Å²) in [6.45, 7) is 0. The van der Waals surface area contributed by atoms with E-state index in [4.69, 9.17) is 8.83 Å². The zero-order valence-electron chi connectivity index (χ0n) is 24.6. The molecular formula is C42H24N2O2. The number of benzene rings is 7. The van der Waals surface area contributed by atoms with Gasteiger partial charge in [0.15, 0.2) is 0 Å². The lowest BCUT2D eigenvalue weighted by Gasteiger charge is -2.11. The summed E-state index contributed by atoms with van der Waals surface area (Å²) < 4.78 is 17.5. The fourth-order valence-electron chi connectivity index (χ4n) is 7.92. The Labute approximate surface area is 261 Å². The van der Waals surface area contributed by atoms with Gasteiger partial charge in [-0.15, -0.1) is 0 Å². The van der Waals surface area contributed by atoms with Crippen molar-refractivity contribution < 1.29 is 8.83 Å². The summed E-state index contributed by atoms with van der Waals surface area (Å²) in [5, 5.41) is 9.44. The molecule has 7 aromatic carbocycles. The number of hydrogen-bond donors (Lipinski definition) is 0. The molecule has 214 valence electrons. The van der Waals surface area contributed by atoms with Crippen molar-refractivity contribution >= 4 is 87.5 Å². The molecule has 0 saturated carbocycles. The highest BCUT2D eigenvalue weighted by Gasteiger charge is 2.23. The molecule has 0 saturated heterocycles. The average molecular weight is 589 g/mol. The van der Waals surface area contributed by atoms with E-state index in [9.17, 15) is 0 Å². The van der Waals surface area contributed by atoms with Crippen LogP contribution in [0, 0.1) is 0 Å². The third kappa shape index (κ3) is 2.98. The third-order valence-electron chi connectivity index (χ3n) is 9.71. The van der Waals surface area contributed by atoms with E-state index >= 15 is 0 Å². The van der Waals surface area contributed by atoms with Crippen LogP contribution in [-0.4, -0.2) is 9.13 Å². The van der Waals surface area contributed by atoms with Crippen LogP contribution >= 0.6 is 0 Å². The molecule has 0 aliphatic carbocycles. The Kier molecular flexibility index (Phi) is 4.55. The van der Waals surface area contributed by atoms with Gasteiger partial charge in [-0.25, -0.2) is 0 Å². The predicted molar refractivity (Wildman–Crippen MR) is 190 cm³/mol. The highest BCUT2D eigenvalue weighted by Crippen LogP contribution is 2.45. The molecule has 0 radical (unpaired) electrons. The first-order valence-electron chi connectivity index (χ1n) is 15.6. The van der Waals surface area contributed by atoms with Crippen LogP contribution in [0.2, 0.25) is 0 Å². The Hall–Kier alpha value is -6.26. The van der Waals surface area contributed by atoms with E-state index in [1.165, 1.54) is 43.6 Å². The van der Waals surface area contributed by atoms with Gasteiger partial charge in [0, 0.05) is 32.3 Å². The molecule has 0 spiro atoms. The van der Waals surface area contributed by atoms with Crippen LogP contribution in [0.4, 0.5) is 0 Å². The summed E-state index contributed by atoms with van der Waals surface area (Å²) in [6.07, 6.45) is 0. The van der Waals surface area contributed by atoms with E-state index in [2.05, 4.69) is 130 Å². The highest BCUT2D eigenvalue weighted by molar-refractivity contribution is 6.29. The van der Waals surface area contributed by atoms with Crippen LogP contribution in [0.25, 0.3) is 98.9 Å². The average Bonchev–Trinajstić information content (AvgIpc) is 3.85. The standard InChI is InChI=1S/C42H24N2O2/c1-5-15-29-25(11-1)41-33(43(29)31-17-9-21-37-39(31)27-13-3-7-19-35(27)45-37)23-24-34-42(41)26-12-2-6-16-30(26)44(34)32-18-10-22-38-40(32)28-14-4-8-20-36(28)46-38/h1-24H. The summed E-state index contributed by atoms with van der Waals surface area (Å²) in [5.74, 6) is 0. The molecule has 11 aromatic rings. The summed E-state index contributed by atoms with van der Waals surface area (Å²) in [6, 6.07) is 51.6. The van der Waals surface area contributed by atoms with Crippen molar-refractivity contribution in [2.75, 3.05) is 0 Å². The Bertz CT molecular complexity index is 2830. The quantitative estimate of drug-likeness (QED) is 0.201. The predicted octanol–water partition coefficient (Wildman–Crippen LogP) is 11.7. The zero-order valence-corrected chi connectivity index (χ0v) is 24.6. The van der Waals surface area contributed by atoms with E-state index < -0.39 is 0 Å². The summed E-state index contributed by atoms with van der Waals surface area (Å²) >= 11 is 0. The van der Waals surface area contributed by atoms with Crippen molar-refractivity contribution in [2.24, 2.45) is 0 Å². The molecule has 4 heteroatoms. The number of fused-ring (bicyclic) bond motifs is 13. The van der Waals surface area contributed by atoms with Crippen molar-refractivity contribution in [1.82, 2.24) is 9.13 Å². The number of hydrogen-bond acceptors (Lipinski definition) is 2. The Morgan fingerprint density at radius 1 is 0.283 bits per heavy atom. The minimum atomic E-state index is 0.891. The second-order valence-electron chi connectivity index (χ2n) is 12.1. The molecule has 0 amide bonds. The van der Waals surface area contributed by atoms with Gasteiger partial charge in [-0.3, -0.25) is 0 Å². The first-order chi connectivity index (χ1) is 22.8. The van der Waals surface area contributed by atoms with Crippen LogP contribution < -0.4 is 0 Å². The molecule has 4 nitrogen and oxygen atoms in total. The SMILES string of the molecule is c1ccc2c(c1)oc1cccc(-n3c4ccccc4c4c5c6ccccc6n(-c6cccc7oc8ccccc8c67)c5ccc43)c12. The van der Waals surface area contributed by atoms with E-state index in [0.717, 1.165) is 55.3 Å². The molecule has 0 unspecified atom stereocenters. The normalized spacial score (nSPS) is 12.3. The van der Waals surface area contributed by atoms with E-state index in [-0.39, 0.29) is 0 Å². The second kappa shape index (κ2) is 8.68. The minimum absolute atomic E-state index is 0.891. The van der Waals surface area contributed by atoms with Gasteiger partial charge in [-0.2, -0.15) is 0 Å². The maximum atomic E-state index is 6.33. The lowest BCUT2D eigenvalue weighted by Crippen LogP contribution is -1.96. The van der Waals surface area contributed by atoms with Gasteiger partial charge >= 0.3 is 0 Å². The van der Waals surface area contributed by atoms with Crippen LogP contribution in [0.5, 0.6) is 0 Å². The molecule has 4 heterocycles. The molecule has 4 aromatic heterocycles. The molecule has 0 bridgehead atoms. The van der Waals surface area contributed by atoms with Gasteiger partial charge in [0.25, 0.3) is 0 Å². The summed E-state index contributed by atoms with van der Waals surface area (Å²) in [5.41, 5.74) is 10.5. The summed E-state index contributed by atoms with van der Waals surface area (Å²) in [7, 11) is 0. The fraction of sp³-hybridized carbons (Fsp3) is 0. The van der Waals surface area contributed by atoms with Crippen molar-refractivity contribution in [2.45, 2.75) is 0 Å². The van der Waals surface area contributed by atoms with Crippen LogP contribution in [0.3, 0.4) is 0 Å². The van der Waals surface area contributed by atoms with Gasteiger partial charge in [-0.1, -0.05) is 84.9 Å². The topological polar surface area (TPSA) is 36.1 Å². The smallest absolute Gasteiger partial charge is 0.137 e. The Morgan fingerprint density at radius 2 is 0.674 bits per heavy atom. The molecule has 0 aliphatic heterocycles. The lowest BCUT2D eigenvalue weighted by molar-refractivity contribution is 0.668. The van der Waals surface area contributed by atoms with Crippen LogP contribution in [0.15, 0.2) is 154 Å². The number of nitrogens with zero attached hydrogens (tertiary/aromatic N) is 2.